The Hall–Kier alpha value is -1.09. The van der Waals surface area contributed by atoms with Crippen molar-refractivity contribution in [1.82, 2.24) is 0 Å². The van der Waals surface area contributed by atoms with Gasteiger partial charge in [0, 0.05) is 6.42 Å². The summed E-state index contributed by atoms with van der Waals surface area (Å²) in [7, 11) is 1.64. The van der Waals surface area contributed by atoms with E-state index in [0.717, 1.165) is 22.2 Å². The molecule has 0 spiro atoms. The van der Waals surface area contributed by atoms with Gasteiger partial charge in [0.15, 0.2) is 0 Å². The highest BCUT2D eigenvalue weighted by molar-refractivity contribution is 9.10. The molecule has 0 N–H and O–H groups in total. The van der Waals surface area contributed by atoms with E-state index in [-0.39, 0.29) is 5.78 Å². The number of methoxy groups -OCH3 is 1. The van der Waals surface area contributed by atoms with Gasteiger partial charge in [0.25, 0.3) is 0 Å². The van der Waals surface area contributed by atoms with E-state index in [1.165, 1.54) is 0 Å². The van der Waals surface area contributed by atoms with Gasteiger partial charge < -0.3 is 9.53 Å². The molecule has 16 heavy (non-hydrogen) atoms. The molecular formula is C13H15BrO2. The summed E-state index contributed by atoms with van der Waals surface area (Å²) in [5.41, 5.74) is 1.09. The van der Waals surface area contributed by atoms with E-state index in [2.05, 4.69) is 15.9 Å². The standard InChI is InChI=1S/C13H15BrO2/c1-10(15)5-3-4-6-11-7-8-13(16-2)12(14)9-11/h4,6-9H,3,5H2,1-2H3/b6-4+. The Labute approximate surface area is 104 Å². The van der Waals surface area contributed by atoms with Crippen LogP contribution in [0.2, 0.25) is 0 Å². The van der Waals surface area contributed by atoms with Crippen molar-refractivity contribution in [3.8, 4) is 5.75 Å². The van der Waals surface area contributed by atoms with Gasteiger partial charge in [0.2, 0.25) is 0 Å². The van der Waals surface area contributed by atoms with Crippen LogP contribution >= 0.6 is 15.9 Å². The Morgan fingerprint density at radius 3 is 2.81 bits per heavy atom. The number of Topliss-reactive ketones (excluding diaryl/α,β-unsaturated/α-hetero) is 1. The molecule has 0 atom stereocenters. The van der Waals surface area contributed by atoms with E-state index in [0.29, 0.717) is 6.42 Å². The zero-order valence-electron chi connectivity index (χ0n) is 9.50. The molecule has 86 valence electrons. The summed E-state index contributed by atoms with van der Waals surface area (Å²) in [6.07, 6.45) is 5.41. The van der Waals surface area contributed by atoms with E-state index in [1.807, 2.05) is 30.4 Å². The van der Waals surface area contributed by atoms with Crippen LogP contribution in [-0.4, -0.2) is 12.9 Å². The summed E-state index contributed by atoms with van der Waals surface area (Å²) in [6.45, 7) is 1.61. The van der Waals surface area contributed by atoms with Gasteiger partial charge in [0.1, 0.15) is 11.5 Å². The summed E-state index contributed by atoms with van der Waals surface area (Å²) in [5, 5.41) is 0. The van der Waals surface area contributed by atoms with Crippen molar-refractivity contribution in [2.45, 2.75) is 19.8 Å². The minimum atomic E-state index is 0.223. The number of rotatable bonds is 5. The highest BCUT2D eigenvalue weighted by atomic mass is 79.9. The van der Waals surface area contributed by atoms with Crippen LogP contribution in [-0.2, 0) is 4.79 Å². The average molecular weight is 283 g/mol. The number of carbonyl (C=O) groups excluding carboxylic acids is 1. The predicted octanol–water partition coefficient (Wildman–Crippen LogP) is 3.84. The van der Waals surface area contributed by atoms with Gasteiger partial charge in [-0.15, -0.1) is 0 Å². The summed E-state index contributed by atoms with van der Waals surface area (Å²) in [4.78, 5) is 10.7. The first kappa shape index (κ1) is 13.0. The molecule has 0 unspecified atom stereocenters. The summed E-state index contributed by atoms with van der Waals surface area (Å²) in [6, 6.07) is 5.88. The molecule has 0 aliphatic rings. The molecule has 0 aliphatic heterocycles. The fourth-order valence-corrected chi connectivity index (χ4v) is 1.85. The fraction of sp³-hybridized carbons (Fsp3) is 0.308. The lowest BCUT2D eigenvalue weighted by Crippen LogP contribution is -1.86. The highest BCUT2D eigenvalue weighted by Crippen LogP contribution is 2.25. The Balaban J connectivity index is 2.61. The number of halogens is 1. The normalized spacial score (nSPS) is 10.7. The first-order valence-electron chi connectivity index (χ1n) is 5.13. The van der Waals surface area contributed by atoms with Crippen molar-refractivity contribution in [1.29, 1.82) is 0 Å². The zero-order valence-corrected chi connectivity index (χ0v) is 11.1. The quantitative estimate of drug-likeness (QED) is 0.820. The minimum absolute atomic E-state index is 0.223. The lowest BCUT2D eigenvalue weighted by molar-refractivity contribution is -0.116. The number of hydrogen-bond donors (Lipinski definition) is 0. The molecule has 0 aromatic heterocycles. The number of hydrogen-bond acceptors (Lipinski definition) is 2. The third-order valence-corrected chi connectivity index (χ3v) is 2.77. The van der Waals surface area contributed by atoms with Crippen molar-refractivity contribution in [3.05, 3.63) is 34.3 Å². The summed E-state index contributed by atoms with van der Waals surface area (Å²) >= 11 is 3.43. The van der Waals surface area contributed by atoms with E-state index in [1.54, 1.807) is 14.0 Å². The number of benzene rings is 1. The van der Waals surface area contributed by atoms with Crippen molar-refractivity contribution in [3.63, 3.8) is 0 Å². The molecule has 0 saturated carbocycles. The number of ketones is 1. The van der Waals surface area contributed by atoms with Gasteiger partial charge in [-0.1, -0.05) is 18.2 Å². The molecule has 1 rings (SSSR count). The van der Waals surface area contributed by atoms with E-state index >= 15 is 0 Å². The van der Waals surface area contributed by atoms with Crippen LogP contribution < -0.4 is 4.74 Å². The molecule has 0 radical (unpaired) electrons. The maximum absolute atomic E-state index is 10.7. The first-order valence-corrected chi connectivity index (χ1v) is 5.92. The molecule has 0 saturated heterocycles. The average Bonchev–Trinajstić information content (AvgIpc) is 2.24. The monoisotopic (exact) mass is 282 g/mol. The Morgan fingerprint density at radius 1 is 1.50 bits per heavy atom. The van der Waals surface area contributed by atoms with Gasteiger partial charge in [-0.25, -0.2) is 0 Å². The zero-order chi connectivity index (χ0) is 12.0. The molecule has 0 fully saturated rings. The fourth-order valence-electron chi connectivity index (χ4n) is 1.29. The van der Waals surface area contributed by atoms with Crippen LogP contribution in [0.1, 0.15) is 25.3 Å². The van der Waals surface area contributed by atoms with Crippen LogP contribution in [0.4, 0.5) is 0 Å². The molecule has 0 bridgehead atoms. The maximum atomic E-state index is 10.7. The van der Waals surface area contributed by atoms with Gasteiger partial charge in [-0.2, -0.15) is 0 Å². The molecule has 1 aromatic rings. The Kier molecular flexibility index (Phi) is 5.26. The van der Waals surface area contributed by atoms with E-state index in [4.69, 9.17) is 4.74 Å². The molecule has 0 aliphatic carbocycles. The number of carbonyl (C=O) groups is 1. The Bertz CT molecular complexity index is 397. The lowest BCUT2D eigenvalue weighted by Gasteiger charge is -2.03. The molecule has 0 amide bonds. The van der Waals surface area contributed by atoms with E-state index in [9.17, 15) is 4.79 Å². The van der Waals surface area contributed by atoms with Crippen molar-refractivity contribution in [2.75, 3.05) is 7.11 Å². The third kappa shape index (κ3) is 4.19. The second-order valence-corrected chi connectivity index (χ2v) is 4.39. The molecule has 2 nitrogen and oxygen atoms in total. The third-order valence-electron chi connectivity index (χ3n) is 2.15. The number of ether oxygens (including phenoxy) is 1. The van der Waals surface area contributed by atoms with Crippen molar-refractivity contribution in [2.24, 2.45) is 0 Å². The maximum Gasteiger partial charge on any atom is 0.133 e. The molecular weight excluding hydrogens is 268 g/mol. The summed E-state index contributed by atoms with van der Waals surface area (Å²) in [5.74, 6) is 1.04. The molecule has 1 aromatic carbocycles. The minimum Gasteiger partial charge on any atom is -0.496 e. The van der Waals surface area contributed by atoms with E-state index < -0.39 is 0 Å². The second kappa shape index (κ2) is 6.48. The van der Waals surface area contributed by atoms with Crippen LogP contribution in [0.15, 0.2) is 28.7 Å². The van der Waals surface area contributed by atoms with Crippen LogP contribution in [0.25, 0.3) is 6.08 Å². The van der Waals surface area contributed by atoms with Gasteiger partial charge >= 0.3 is 0 Å². The van der Waals surface area contributed by atoms with Crippen LogP contribution in [0, 0.1) is 0 Å². The Morgan fingerprint density at radius 2 is 2.25 bits per heavy atom. The van der Waals surface area contributed by atoms with Crippen molar-refractivity contribution < 1.29 is 9.53 Å². The van der Waals surface area contributed by atoms with Crippen LogP contribution in [0.5, 0.6) is 5.75 Å². The second-order valence-electron chi connectivity index (χ2n) is 3.54. The topological polar surface area (TPSA) is 26.3 Å². The van der Waals surface area contributed by atoms with Crippen molar-refractivity contribution >= 4 is 27.8 Å². The molecule has 0 heterocycles. The van der Waals surface area contributed by atoms with Crippen LogP contribution in [0.3, 0.4) is 0 Å². The lowest BCUT2D eigenvalue weighted by atomic mass is 10.1. The predicted molar refractivity (Wildman–Crippen MR) is 69.6 cm³/mol. The smallest absolute Gasteiger partial charge is 0.133 e. The molecule has 3 heteroatoms. The SMILES string of the molecule is COc1ccc(/C=C/CCC(C)=O)cc1Br. The number of allylic oxidation sites excluding steroid dienone is 1. The highest BCUT2D eigenvalue weighted by Gasteiger charge is 1.98. The van der Waals surface area contributed by atoms with Gasteiger partial charge in [-0.3, -0.25) is 0 Å². The largest absolute Gasteiger partial charge is 0.496 e. The summed E-state index contributed by atoms with van der Waals surface area (Å²) < 4.78 is 6.08. The van der Waals surface area contributed by atoms with Gasteiger partial charge in [-0.05, 0) is 47.0 Å². The van der Waals surface area contributed by atoms with Gasteiger partial charge in [0.05, 0.1) is 11.6 Å². The first-order chi connectivity index (χ1) is 7.63.